The largest absolute Gasteiger partial charge is 0.351 e. The summed E-state index contributed by atoms with van der Waals surface area (Å²) in [4.78, 5) is 38.9. The fourth-order valence-electron chi connectivity index (χ4n) is 5.34. The molecule has 3 atom stereocenters. The van der Waals surface area contributed by atoms with Crippen LogP contribution in [0.4, 0.5) is 0 Å². The van der Waals surface area contributed by atoms with Crippen molar-refractivity contribution >= 4 is 24.2 Å². The van der Waals surface area contributed by atoms with Crippen LogP contribution >= 0.6 is 12.4 Å². The molecule has 160 valence electrons. The lowest BCUT2D eigenvalue weighted by atomic mass is 9.67. The minimum absolute atomic E-state index is 0. The van der Waals surface area contributed by atoms with Crippen molar-refractivity contribution in [3.05, 3.63) is 28.2 Å². The Kier molecular flexibility index (Phi) is 6.95. The third kappa shape index (κ3) is 4.64. The standard InChI is InChI=1S/C20H29N5O3.ClH/c21-14-10-12-4-3-5-13(11-14)18(12)22-19(27)16-6-1-2-9-25(16)20(28)15-7-8-17(26)24-23-15;/h7-8,12-14,16,18H,1-6,9-11,21H2,(H,22,27)(H,24,26);1H. The van der Waals surface area contributed by atoms with Gasteiger partial charge in [-0.25, -0.2) is 5.10 Å². The van der Waals surface area contributed by atoms with Gasteiger partial charge in [-0.3, -0.25) is 14.4 Å². The normalized spacial score (nSPS) is 31.5. The summed E-state index contributed by atoms with van der Waals surface area (Å²) >= 11 is 0. The summed E-state index contributed by atoms with van der Waals surface area (Å²) < 4.78 is 0. The first kappa shape index (κ1) is 21.8. The summed E-state index contributed by atoms with van der Waals surface area (Å²) in [6, 6.07) is 2.63. The first-order valence-corrected chi connectivity index (χ1v) is 10.5. The van der Waals surface area contributed by atoms with Crippen molar-refractivity contribution in [1.29, 1.82) is 0 Å². The highest BCUT2D eigenvalue weighted by Crippen LogP contribution is 2.39. The number of amides is 2. The molecular weight excluding hydrogens is 394 g/mol. The molecule has 4 rings (SSSR count). The molecule has 1 aromatic rings. The summed E-state index contributed by atoms with van der Waals surface area (Å²) in [7, 11) is 0. The van der Waals surface area contributed by atoms with E-state index in [1.165, 1.54) is 18.6 Å². The molecular formula is C20H30ClN5O3. The Balaban J connectivity index is 0.00000240. The quantitative estimate of drug-likeness (QED) is 0.674. The van der Waals surface area contributed by atoms with Crippen LogP contribution in [0.25, 0.3) is 0 Å². The van der Waals surface area contributed by atoms with Crippen LogP contribution in [0.3, 0.4) is 0 Å². The number of rotatable bonds is 3. The number of nitrogens with two attached hydrogens (primary N) is 1. The third-order valence-electron chi connectivity index (χ3n) is 6.65. The molecule has 1 aromatic heterocycles. The Bertz CT molecular complexity index is 766. The first-order valence-electron chi connectivity index (χ1n) is 10.5. The second-order valence-corrected chi connectivity index (χ2v) is 8.53. The van der Waals surface area contributed by atoms with Gasteiger partial charge in [-0.15, -0.1) is 12.4 Å². The topological polar surface area (TPSA) is 121 Å². The molecule has 1 aliphatic heterocycles. The van der Waals surface area contributed by atoms with Crippen molar-refractivity contribution in [3.63, 3.8) is 0 Å². The number of likely N-dealkylation sites (tertiary alicyclic amines) is 1. The number of carbonyl (C=O) groups is 2. The Morgan fingerprint density at radius 3 is 2.48 bits per heavy atom. The lowest BCUT2D eigenvalue weighted by Gasteiger charge is -2.46. The number of aromatic amines is 1. The molecule has 2 aliphatic carbocycles. The second kappa shape index (κ2) is 9.26. The van der Waals surface area contributed by atoms with Gasteiger partial charge in [0.2, 0.25) is 5.91 Å². The van der Waals surface area contributed by atoms with Crippen LogP contribution in [-0.2, 0) is 4.79 Å². The highest BCUT2D eigenvalue weighted by molar-refractivity contribution is 5.96. The molecule has 2 bridgehead atoms. The maximum atomic E-state index is 13.2. The van der Waals surface area contributed by atoms with Crippen LogP contribution in [0.1, 0.15) is 61.9 Å². The zero-order valence-electron chi connectivity index (χ0n) is 16.5. The molecule has 2 heterocycles. The van der Waals surface area contributed by atoms with E-state index in [0.29, 0.717) is 24.8 Å². The van der Waals surface area contributed by atoms with E-state index in [1.807, 2.05) is 0 Å². The SMILES string of the molecule is Cl.NC1CC2CCCC(C1)C2NC(=O)C1CCCCN1C(=O)c1ccc(=O)[nH]n1. The van der Waals surface area contributed by atoms with Gasteiger partial charge in [0, 0.05) is 24.7 Å². The number of fused-ring (bicyclic) bond motifs is 2. The maximum Gasteiger partial charge on any atom is 0.274 e. The number of hydrogen-bond acceptors (Lipinski definition) is 5. The molecule has 1 saturated heterocycles. The van der Waals surface area contributed by atoms with Gasteiger partial charge in [0.1, 0.15) is 11.7 Å². The van der Waals surface area contributed by atoms with Crippen molar-refractivity contribution in [2.75, 3.05) is 6.54 Å². The minimum Gasteiger partial charge on any atom is -0.351 e. The highest BCUT2D eigenvalue weighted by atomic mass is 35.5. The maximum absolute atomic E-state index is 13.2. The van der Waals surface area contributed by atoms with Gasteiger partial charge in [-0.05, 0) is 62.8 Å². The molecule has 0 radical (unpaired) electrons. The van der Waals surface area contributed by atoms with Crippen LogP contribution in [0, 0.1) is 11.8 Å². The van der Waals surface area contributed by atoms with Gasteiger partial charge in [-0.1, -0.05) is 6.42 Å². The summed E-state index contributed by atoms with van der Waals surface area (Å²) in [6.07, 6.45) is 7.81. The number of nitrogens with one attached hydrogen (secondary N) is 2. The van der Waals surface area contributed by atoms with Crippen LogP contribution < -0.4 is 16.6 Å². The number of carbonyl (C=O) groups excluding carboxylic acids is 2. The van der Waals surface area contributed by atoms with Crippen molar-refractivity contribution in [2.45, 2.75) is 69.5 Å². The highest BCUT2D eigenvalue weighted by Gasteiger charge is 2.42. The van der Waals surface area contributed by atoms with Gasteiger partial charge in [0.25, 0.3) is 11.5 Å². The average Bonchev–Trinajstić information content (AvgIpc) is 2.68. The Hall–Kier alpha value is -1.93. The summed E-state index contributed by atoms with van der Waals surface area (Å²) in [5.74, 6) is 0.525. The predicted molar refractivity (Wildman–Crippen MR) is 111 cm³/mol. The first-order chi connectivity index (χ1) is 13.5. The zero-order valence-corrected chi connectivity index (χ0v) is 17.3. The Morgan fingerprint density at radius 1 is 1.10 bits per heavy atom. The van der Waals surface area contributed by atoms with E-state index in [1.54, 1.807) is 4.90 Å². The number of nitrogens with zero attached hydrogens (tertiary/aromatic N) is 2. The average molecular weight is 424 g/mol. The van der Waals surface area contributed by atoms with Crippen LogP contribution in [0.5, 0.6) is 0 Å². The molecule has 0 aromatic carbocycles. The zero-order chi connectivity index (χ0) is 19.7. The van der Waals surface area contributed by atoms with E-state index < -0.39 is 6.04 Å². The molecule has 4 N–H and O–H groups in total. The fourth-order valence-corrected chi connectivity index (χ4v) is 5.34. The van der Waals surface area contributed by atoms with E-state index in [-0.39, 0.29) is 47.6 Å². The van der Waals surface area contributed by atoms with Crippen molar-refractivity contribution in [2.24, 2.45) is 17.6 Å². The van der Waals surface area contributed by atoms with Crippen LogP contribution in [0.2, 0.25) is 0 Å². The molecule has 3 unspecified atom stereocenters. The number of piperidine rings is 1. The number of halogens is 1. The molecule has 29 heavy (non-hydrogen) atoms. The Morgan fingerprint density at radius 2 is 1.83 bits per heavy atom. The molecule has 8 nitrogen and oxygen atoms in total. The molecule has 3 aliphatic rings. The fraction of sp³-hybridized carbons (Fsp3) is 0.700. The summed E-state index contributed by atoms with van der Waals surface area (Å²) in [5, 5.41) is 9.43. The molecule has 3 fully saturated rings. The van der Waals surface area contributed by atoms with E-state index in [2.05, 4.69) is 15.5 Å². The van der Waals surface area contributed by atoms with E-state index in [4.69, 9.17) is 5.73 Å². The lowest BCUT2D eigenvalue weighted by molar-refractivity contribution is -0.129. The number of H-pyrrole nitrogens is 1. The van der Waals surface area contributed by atoms with Crippen molar-refractivity contribution in [1.82, 2.24) is 20.4 Å². The van der Waals surface area contributed by atoms with E-state index >= 15 is 0 Å². The molecule has 9 heteroatoms. The predicted octanol–water partition coefficient (Wildman–Crippen LogP) is 1.21. The molecule has 0 spiro atoms. The lowest BCUT2D eigenvalue weighted by Crippen LogP contribution is -2.59. The van der Waals surface area contributed by atoms with Gasteiger partial charge in [-0.2, -0.15) is 5.10 Å². The number of hydrogen-bond donors (Lipinski definition) is 3. The summed E-state index contributed by atoms with van der Waals surface area (Å²) in [5.41, 5.74) is 6.01. The van der Waals surface area contributed by atoms with Gasteiger partial charge in [0.05, 0.1) is 0 Å². The van der Waals surface area contributed by atoms with Gasteiger partial charge >= 0.3 is 0 Å². The van der Waals surface area contributed by atoms with Crippen molar-refractivity contribution in [3.8, 4) is 0 Å². The van der Waals surface area contributed by atoms with Crippen LogP contribution in [0.15, 0.2) is 16.9 Å². The Labute approximate surface area is 176 Å². The van der Waals surface area contributed by atoms with E-state index in [0.717, 1.165) is 38.5 Å². The van der Waals surface area contributed by atoms with E-state index in [9.17, 15) is 14.4 Å². The summed E-state index contributed by atoms with van der Waals surface area (Å²) in [6.45, 7) is 0.528. The van der Waals surface area contributed by atoms with Gasteiger partial charge in [0.15, 0.2) is 0 Å². The van der Waals surface area contributed by atoms with Crippen molar-refractivity contribution < 1.29 is 9.59 Å². The van der Waals surface area contributed by atoms with Crippen LogP contribution in [-0.4, -0.2) is 51.6 Å². The minimum atomic E-state index is -0.480. The number of aromatic nitrogens is 2. The monoisotopic (exact) mass is 423 g/mol. The second-order valence-electron chi connectivity index (χ2n) is 8.53. The molecule has 2 saturated carbocycles. The smallest absolute Gasteiger partial charge is 0.274 e. The third-order valence-corrected chi connectivity index (χ3v) is 6.65. The van der Waals surface area contributed by atoms with Gasteiger partial charge < -0.3 is 16.0 Å². The molecule has 2 amide bonds.